The van der Waals surface area contributed by atoms with Crippen LogP contribution in [0.5, 0.6) is 0 Å². The van der Waals surface area contributed by atoms with Crippen molar-refractivity contribution < 1.29 is 45.3 Å². The van der Waals surface area contributed by atoms with E-state index in [1.807, 2.05) is 0 Å². The third-order valence-electron chi connectivity index (χ3n) is 0.383. The maximum Gasteiger partial charge on any atom is 1.00 e. The molecule has 0 spiro atoms. The second-order valence-corrected chi connectivity index (χ2v) is 0.870. The Hall–Kier alpha value is 0.140. The third kappa shape index (κ3) is 6.14. The van der Waals surface area contributed by atoms with Crippen LogP contribution in [0.4, 0.5) is 0 Å². The molecule has 0 radical (unpaired) electrons. The van der Waals surface area contributed by atoms with Gasteiger partial charge >= 0.3 is 35.5 Å². The van der Waals surface area contributed by atoms with Gasteiger partial charge < -0.3 is 6.16 Å². The quantitative estimate of drug-likeness (QED) is 0.170. The van der Waals surface area contributed by atoms with Crippen LogP contribution in [0.2, 0.25) is 0 Å². The van der Waals surface area contributed by atoms with E-state index in [0.717, 1.165) is 0 Å². The summed E-state index contributed by atoms with van der Waals surface area (Å²) in [5.74, 6) is -0.803. The molecule has 4 heteroatoms. The van der Waals surface area contributed by atoms with Crippen molar-refractivity contribution in [3.05, 3.63) is 0 Å². The van der Waals surface area contributed by atoms with Crippen molar-refractivity contribution in [1.82, 2.24) is 0 Å². The summed E-state index contributed by atoms with van der Waals surface area (Å²) in [6.07, 6.45) is 0.142. The molecule has 0 saturated carbocycles. The first-order chi connectivity index (χ1) is 3.31. The molecule has 0 atom stereocenters. The van der Waals surface area contributed by atoms with Crippen molar-refractivity contribution in [2.75, 3.05) is 6.61 Å². The Bertz CT molecular complexity index is 85.9. The van der Waals surface area contributed by atoms with E-state index in [0.29, 0.717) is 0 Å². The van der Waals surface area contributed by atoms with Gasteiger partial charge in [-0.25, -0.2) is 4.79 Å². The van der Waals surface area contributed by atoms with E-state index in [1.165, 1.54) is 0 Å². The van der Waals surface area contributed by atoms with Gasteiger partial charge in [-0.05, 0) is 6.92 Å². The molecule has 0 aliphatic heterocycles. The van der Waals surface area contributed by atoms with E-state index in [2.05, 4.69) is 4.74 Å². The zero-order valence-electron chi connectivity index (χ0n) is 6.01. The molecule has 3 nitrogen and oxygen atoms in total. The first-order valence-corrected chi connectivity index (χ1v) is 1.93. The molecule has 0 heterocycles. The minimum Gasteiger partial charge on any atom is -1.00 e. The number of hydrogen-bond acceptors (Lipinski definition) is 3. The van der Waals surface area contributed by atoms with Crippen LogP contribution < -0.4 is 29.6 Å². The average Bonchev–Trinajstić information content (AvgIpc) is 1.68. The fourth-order valence-corrected chi connectivity index (χ4v) is 0.176. The maximum atomic E-state index is 9.82. The predicted octanol–water partition coefficient (Wildman–Crippen LogP) is -3.14. The summed E-state index contributed by atoms with van der Waals surface area (Å²) in [5, 5.41) is 0. The van der Waals surface area contributed by atoms with Crippen molar-refractivity contribution in [2.24, 2.45) is 0 Å². The fraction of sp³-hybridized carbons (Fsp3) is 0.500. The number of hydrogen-bond donors (Lipinski definition) is 0. The standard InChI is InChI=1S/C4H6O3.Na.H/c1-2-7-4(6)3-5;;/h3H,2H2,1H3;;/q;+1;-1. The number of ether oxygens (including phenoxy) is 1. The Morgan fingerprint density at radius 1 is 1.88 bits per heavy atom. The van der Waals surface area contributed by atoms with E-state index in [9.17, 15) is 9.59 Å². The van der Waals surface area contributed by atoms with Crippen molar-refractivity contribution in [2.45, 2.75) is 6.92 Å². The van der Waals surface area contributed by atoms with Gasteiger partial charge in [0.2, 0.25) is 6.29 Å². The van der Waals surface area contributed by atoms with E-state index < -0.39 is 5.97 Å². The first-order valence-electron chi connectivity index (χ1n) is 1.93. The van der Waals surface area contributed by atoms with E-state index in [-0.39, 0.29) is 43.9 Å². The normalized spacial score (nSPS) is 6.62. The number of esters is 1. The molecule has 42 valence electrons. The Kier molecular flexibility index (Phi) is 9.82. The Morgan fingerprint density at radius 3 is 2.50 bits per heavy atom. The topological polar surface area (TPSA) is 43.4 Å². The second kappa shape index (κ2) is 7.14. The van der Waals surface area contributed by atoms with E-state index in [4.69, 9.17) is 0 Å². The predicted molar refractivity (Wildman–Crippen MR) is 23.8 cm³/mol. The fourth-order valence-electron chi connectivity index (χ4n) is 0.176. The summed E-state index contributed by atoms with van der Waals surface area (Å²) < 4.78 is 4.18. The molecule has 0 bridgehead atoms. The molecular weight excluding hydrogens is 119 g/mol. The van der Waals surface area contributed by atoms with Crippen LogP contribution in [0.15, 0.2) is 0 Å². The molecule has 0 amide bonds. The largest absolute Gasteiger partial charge is 1.00 e. The first kappa shape index (κ1) is 11.0. The van der Waals surface area contributed by atoms with Gasteiger partial charge in [-0.15, -0.1) is 0 Å². The second-order valence-electron chi connectivity index (χ2n) is 0.870. The smallest absolute Gasteiger partial charge is 1.00 e. The van der Waals surface area contributed by atoms with Crippen LogP contribution in [0.1, 0.15) is 8.35 Å². The maximum absolute atomic E-state index is 9.82. The van der Waals surface area contributed by atoms with Gasteiger partial charge in [0.15, 0.2) is 0 Å². The average molecular weight is 126 g/mol. The van der Waals surface area contributed by atoms with Gasteiger partial charge in [0.25, 0.3) is 0 Å². The number of rotatable bonds is 2. The van der Waals surface area contributed by atoms with Gasteiger partial charge in [-0.2, -0.15) is 0 Å². The molecule has 8 heavy (non-hydrogen) atoms. The Morgan fingerprint density at radius 2 is 2.38 bits per heavy atom. The minimum atomic E-state index is -0.803. The van der Waals surface area contributed by atoms with Gasteiger partial charge in [-0.1, -0.05) is 0 Å². The van der Waals surface area contributed by atoms with Crippen molar-refractivity contribution in [1.29, 1.82) is 0 Å². The summed E-state index contributed by atoms with van der Waals surface area (Å²) in [6.45, 7) is 1.90. The molecule has 0 aromatic rings. The van der Waals surface area contributed by atoms with Crippen LogP contribution in [-0.2, 0) is 14.3 Å². The van der Waals surface area contributed by atoms with Gasteiger partial charge in [0, 0.05) is 0 Å². The summed E-state index contributed by atoms with van der Waals surface area (Å²) in [4.78, 5) is 19.2. The molecule has 0 N–H and O–H groups in total. The zero-order chi connectivity index (χ0) is 5.70. The van der Waals surface area contributed by atoms with E-state index >= 15 is 0 Å². The van der Waals surface area contributed by atoms with Gasteiger partial charge in [-0.3, -0.25) is 4.79 Å². The Labute approximate surface area is 71.2 Å². The third-order valence-corrected chi connectivity index (χ3v) is 0.383. The van der Waals surface area contributed by atoms with E-state index in [1.54, 1.807) is 6.92 Å². The minimum absolute atomic E-state index is 0. The summed E-state index contributed by atoms with van der Waals surface area (Å²) >= 11 is 0. The van der Waals surface area contributed by atoms with Crippen LogP contribution in [0, 0.1) is 0 Å². The van der Waals surface area contributed by atoms with Crippen LogP contribution in [-0.4, -0.2) is 18.9 Å². The zero-order valence-corrected chi connectivity index (χ0v) is 7.01. The molecule has 0 rings (SSSR count). The summed E-state index contributed by atoms with van der Waals surface area (Å²) in [7, 11) is 0. The number of carbonyl (C=O) groups excluding carboxylic acids is 2. The van der Waals surface area contributed by atoms with Crippen molar-refractivity contribution >= 4 is 12.3 Å². The molecule has 0 aromatic carbocycles. The molecule has 0 fully saturated rings. The molecule has 0 saturated heterocycles. The molecule has 0 aliphatic carbocycles. The van der Waals surface area contributed by atoms with Crippen LogP contribution in [0.3, 0.4) is 0 Å². The molecule has 0 aromatic heterocycles. The van der Waals surface area contributed by atoms with Gasteiger partial charge in [0.1, 0.15) is 0 Å². The van der Waals surface area contributed by atoms with Crippen molar-refractivity contribution in [3.8, 4) is 0 Å². The monoisotopic (exact) mass is 126 g/mol. The number of carbonyl (C=O) groups is 2. The Balaban J connectivity index is -0.000000180. The molecule has 0 unspecified atom stereocenters. The van der Waals surface area contributed by atoms with Gasteiger partial charge in [0.05, 0.1) is 6.61 Å². The summed E-state index contributed by atoms with van der Waals surface area (Å²) in [6, 6.07) is 0. The van der Waals surface area contributed by atoms with Crippen molar-refractivity contribution in [3.63, 3.8) is 0 Å². The molecular formula is C4H7NaO3. The number of aldehydes is 1. The van der Waals surface area contributed by atoms with Crippen LogP contribution in [0.25, 0.3) is 0 Å². The SMILES string of the molecule is CCOC(=O)C=O.[H-].[Na+]. The summed E-state index contributed by atoms with van der Waals surface area (Å²) in [5.41, 5.74) is 0. The van der Waals surface area contributed by atoms with Crippen LogP contribution >= 0.6 is 0 Å². The molecule has 0 aliphatic rings.